The van der Waals surface area contributed by atoms with Crippen LogP contribution >= 0.6 is 15.9 Å². The Kier molecular flexibility index (Phi) is 5.14. The first-order valence-corrected chi connectivity index (χ1v) is 8.81. The molecule has 142 valence electrons. The molecule has 1 amide bonds. The molecule has 27 heavy (non-hydrogen) atoms. The molecule has 0 aliphatic heterocycles. The normalized spacial score (nSPS) is 12.8. The molecule has 1 unspecified atom stereocenters. The van der Waals surface area contributed by atoms with E-state index in [1.165, 1.54) is 7.05 Å². The van der Waals surface area contributed by atoms with Gasteiger partial charge in [0.15, 0.2) is 5.69 Å². The molecule has 3 aromatic rings. The van der Waals surface area contributed by atoms with Gasteiger partial charge in [-0.1, -0.05) is 12.1 Å². The zero-order valence-corrected chi connectivity index (χ0v) is 16.0. The molecule has 3 rings (SSSR count). The highest BCUT2D eigenvalue weighted by Gasteiger charge is 2.39. The molecular weight excluding hydrogens is 425 g/mol. The maximum atomic E-state index is 13.0. The minimum absolute atomic E-state index is 0.185. The van der Waals surface area contributed by atoms with Gasteiger partial charge in [0.2, 0.25) is 0 Å². The molecule has 1 N–H and O–H groups in total. The Bertz CT molecular complexity index is 964. The van der Waals surface area contributed by atoms with Gasteiger partial charge < -0.3 is 9.88 Å². The number of nitrogens with zero attached hydrogens (tertiary/aromatic N) is 3. The minimum atomic E-state index is -4.65. The van der Waals surface area contributed by atoms with Gasteiger partial charge in [0, 0.05) is 25.1 Å². The van der Waals surface area contributed by atoms with E-state index in [2.05, 4.69) is 26.3 Å². The number of carbonyl (C=O) groups excluding carboxylic acids is 1. The van der Waals surface area contributed by atoms with Gasteiger partial charge in [-0.15, -0.1) is 0 Å². The second-order valence-corrected chi connectivity index (χ2v) is 6.81. The number of benzene rings is 1. The number of aryl methyl sites for hydroxylation is 1. The fraction of sp³-hybridized carbons (Fsp3) is 0.222. The standard InChI is InChI=1S/C18H16BrF3N4O/c1-11(12-6-5-7-13(10-12)26-8-3-4-9-26)23-17(27)15-14(19)16(18(20,21)22)24-25(15)2/h3-11H,1-2H3,(H,23,27). The SMILES string of the molecule is CC(NC(=O)c1c(Br)c(C(F)(F)F)nn1C)c1cccc(-n2cccc2)c1. The van der Waals surface area contributed by atoms with Crippen LogP contribution in [0.4, 0.5) is 13.2 Å². The van der Waals surface area contributed by atoms with Crippen molar-refractivity contribution in [2.24, 2.45) is 7.05 Å². The second-order valence-electron chi connectivity index (χ2n) is 6.01. The molecule has 0 saturated carbocycles. The number of nitrogens with one attached hydrogen (secondary N) is 1. The fourth-order valence-electron chi connectivity index (χ4n) is 2.74. The predicted molar refractivity (Wildman–Crippen MR) is 97.6 cm³/mol. The lowest BCUT2D eigenvalue weighted by molar-refractivity contribution is -0.142. The van der Waals surface area contributed by atoms with Crippen molar-refractivity contribution in [1.82, 2.24) is 19.7 Å². The average molecular weight is 441 g/mol. The average Bonchev–Trinajstić information content (AvgIpc) is 3.22. The van der Waals surface area contributed by atoms with Crippen molar-refractivity contribution in [1.29, 1.82) is 0 Å². The van der Waals surface area contributed by atoms with E-state index in [1.807, 2.05) is 53.4 Å². The van der Waals surface area contributed by atoms with Gasteiger partial charge in [0.05, 0.1) is 10.5 Å². The van der Waals surface area contributed by atoms with Crippen LogP contribution in [0.5, 0.6) is 0 Å². The molecule has 0 bridgehead atoms. The Hall–Kier alpha value is -2.55. The van der Waals surface area contributed by atoms with Gasteiger partial charge >= 0.3 is 6.18 Å². The maximum absolute atomic E-state index is 13.0. The number of rotatable bonds is 4. The Balaban J connectivity index is 1.83. The maximum Gasteiger partial charge on any atom is 0.436 e. The number of amides is 1. The smallest absolute Gasteiger partial charge is 0.344 e. The number of aromatic nitrogens is 3. The molecule has 1 aromatic carbocycles. The van der Waals surface area contributed by atoms with Crippen LogP contribution in [-0.2, 0) is 13.2 Å². The summed E-state index contributed by atoms with van der Waals surface area (Å²) < 4.78 is 41.4. The molecular formula is C18H16BrF3N4O. The van der Waals surface area contributed by atoms with E-state index in [9.17, 15) is 18.0 Å². The first kappa shape index (κ1) is 19.2. The first-order valence-electron chi connectivity index (χ1n) is 8.02. The fourth-order valence-corrected chi connectivity index (χ4v) is 3.48. The van der Waals surface area contributed by atoms with Crippen LogP contribution in [0, 0.1) is 0 Å². The lowest BCUT2D eigenvalue weighted by Gasteiger charge is -2.16. The monoisotopic (exact) mass is 440 g/mol. The van der Waals surface area contributed by atoms with E-state index in [-0.39, 0.29) is 10.2 Å². The van der Waals surface area contributed by atoms with Gasteiger partial charge in [-0.2, -0.15) is 18.3 Å². The van der Waals surface area contributed by atoms with E-state index < -0.39 is 23.8 Å². The van der Waals surface area contributed by atoms with Crippen molar-refractivity contribution >= 4 is 21.8 Å². The van der Waals surface area contributed by atoms with Crippen LogP contribution in [0.15, 0.2) is 53.3 Å². The highest BCUT2D eigenvalue weighted by Crippen LogP contribution is 2.35. The predicted octanol–water partition coefficient (Wildman–Crippen LogP) is 4.48. The van der Waals surface area contributed by atoms with Crippen LogP contribution in [0.3, 0.4) is 0 Å². The summed E-state index contributed by atoms with van der Waals surface area (Å²) >= 11 is 2.85. The van der Waals surface area contributed by atoms with Gasteiger partial charge in [-0.3, -0.25) is 9.48 Å². The largest absolute Gasteiger partial charge is 0.436 e. The van der Waals surface area contributed by atoms with Crippen molar-refractivity contribution < 1.29 is 18.0 Å². The summed E-state index contributed by atoms with van der Waals surface area (Å²) in [5, 5.41) is 6.14. The van der Waals surface area contributed by atoms with E-state index >= 15 is 0 Å². The first-order chi connectivity index (χ1) is 12.7. The van der Waals surface area contributed by atoms with Crippen LogP contribution in [0.1, 0.15) is 34.7 Å². The van der Waals surface area contributed by atoms with Crippen molar-refractivity contribution in [2.45, 2.75) is 19.1 Å². The summed E-state index contributed by atoms with van der Waals surface area (Å²) in [4.78, 5) is 12.5. The highest BCUT2D eigenvalue weighted by atomic mass is 79.9. The molecule has 0 spiro atoms. The molecule has 5 nitrogen and oxygen atoms in total. The second kappa shape index (κ2) is 7.22. The Labute approximate surface area is 161 Å². The lowest BCUT2D eigenvalue weighted by atomic mass is 10.1. The van der Waals surface area contributed by atoms with Crippen LogP contribution in [0.2, 0.25) is 0 Å². The Morgan fingerprint density at radius 2 is 1.89 bits per heavy atom. The van der Waals surface area contributed by atoms with Crippen molar-refractivity contribution in [3.63, 3.8) is 0 Å². The van der Waals surface area contributed by atoms with Crippen molar-refractivity contribution in [3.05, 3.63) is 70.2 Å². The zero-order chi connectivity index (χ0) is 19.8. The van der Waals surface area contributed by atoms with Gasteiger partial charge in [0.25, 0.3) is 5.91 Å². The van der Waals surface area contributed by atoms with Crippen LogP contribution in [0.25, 0.3) is 5.69 Å². The van der Waals surface area contributed by atoms with E-state index in [1.54, 1.807) is 6.92 Å². The summed E-state index contributed by atoms with van der Waals surface area (Å²) in [7, 11) is 1.30. The summed E-state index contributed by atoms with van der Waals surface area (Å²) in [5.41, 5.74) is 0.428. The lowest BCUT2D eigenvalue weighted by Crippen LogP contribution is -2.28. The molecule has 1 atom stereocenters. The van der Waals surface area contributed by atoms with Crippen molar-refractivity contribution in [3.8, 4) is 5.69 Å². The molecule has 0 aliphatic carbocycles. The zero-order valence-electron chi connectivity index (χ0n) is 14.5. The van der Waals surface area contributed by atoms with Crippen molar-refractivity contribution in [2.75, 3.05) is 0 Å². The number of hydrogen-bond acceptors (Lipinski definition) is 2. The number of carbonyl (C=O) groups is 1. The Morgan fingerprint density at radius 3 is 2.48 bits per heavy atom. The molecule has 0 fully saturated rings. The summed E-state index contributed by atoms with van der Waals surface area (Å²) in [5.74, 6) is -0.647. The third-order valence-electron chi connectivity index (χ3n) is 4.09. The summed E-state index contributed by atoms with van der Waals surface area (Å²) in [6.45, 7) is 1.77. The number of alkyl halides is 3. The van der Waals surface area contributed by atoms with Gasteiger partial charge in [-0.25, -0.2) is 0 Å². The van der Waals surface area contributed by atoms with Crippen LogP contribution < -0.4 is 5.32 Å². The number of halogens is 4. The minimum Gasteiger partial charge on any atom is -0.344 e. The molecule has 0 aliphatic rings. The molecule has 2 aromatic heterocycles. The third-order valence-corrected chi connectivity index (χ3v) is 4.84. The van der Waals surface area contributed by atoms with Gasteiger partial charge in [0.1, 0.15) is 5.69 Å². The molecule has 0 radical (unpaired) electrons. The quantitative estimate of drug-likeness (QED) is 0.649. The van der Waals surface area contributed by atoms with E-state index in [0.29, 0.717) is 0 Å². The topological polar surface area (TPSA) is 51.9 Å². The van der Waals surface area contributed by atoms with Gasteiger partial charge in [-0.05, 0) is 52.7 Å². The highest BCUT2D eigenvalue weighted by molar-refractivity contribution is 9.10. The Morgan fingerprint density at radius 1 is 1.22 bits per heavy atom. The summed E-state index contributed by atoms with van der Waals surface area (Å²) in [6, 6.07) is 10.9. The third kappa shape index (κ3) is 3.92. The summed E-state index contributed by atoms with van der Waals surface area (Å²) in [6.07, 6.45) is -0.854. The molecule has 2 heterocycles. The van der Waals surface area contributed by atoms with E-state index in [4.69, 9.17) is 0 Å². The number of hydrogen-bond donors (Lipinski definition) is 1. The van der Waals surface area contributed by atoms with E-state index in [0.717, 1.165) is 15.9 Å². The molecule has 9 heteroatoms. The molecule has 0 saturated heterocycles. The van der Waals surface area contributed by atoms with Crippen LogP contribution in [-0.4, -0.2) is 20.3 Å².